The van der Waals surface area contributed by atoms with Gasteiger partial charge in [0.15, 0.2) is 0 Å². The zero-order valence-electron chi connectivity index (χ0n) is 12.0. The summed E-state index contributed by atoms with van der Waals surface area (Å²) in [5.41, 5.74) is 2.73. The second-order valence-corrected chi connectivity index (χ2v) is 6.02. The third-order valence-corrected chi connectivity index (χ3v) is 4.00. The van der Waals surface area contributed by atoms with Crippen molar-refractivity contribution in [3.8, 4) is 0 Å². The van der Waals surface area contributed by atoms with E-state index in [2.05, 4.69) is 82.8 Å². The van der Waals surface area contributed by atoms with Crippen molar-refractivity contribution in [3.05, 3.63) is 70.2 Å². The van der Waals surface area contributed by atoms with Crippen LogP contribution in [0, 0.1) is 0 Å². The third-order valence-electron chi connectivity index (χ3n) is 3.48. The number of halogens is 1. The van der Waals surface area contributed by atoms with Gasteiger partial charge in [0.2, 0.25) is 0 Å². The predicted molar refractivity (Wildman–Crippen MR) is 89.9 cm³/mol. The summed E-state index contributed by atoms with van der Waals surface area (Å²) in [5, 5.41) is 3.69. The molecule has 0 fully saturated rings. The van der Waals surface area contributed by atoms with Crippen LogP contribution in [0.15, 0.2) is 59.1 Å². The number of benzene rings is 2. The fourth-order valence-corrected chi connectivity index (χ4v) is 2.57. The molecule has 0 saturated carbocycles. The lowest BCUT2D eigenvalue weighted by molar-refractivity contribution is 0.518. The highest BCUT2D eigenvalue weighted by atomic mass is 79.9. The Morgan fingerprint density at radius 1 is 1.00 bits per heavy atom. The van der Waals surface area contributed by atoms with Crippen molar-refractivity contribution in [2.75, 3.05) is 6.54 Å². The number of unbranched alkanes of at least 4 members (excludes halogenated alkanes) is 1. The van der Waals surface area contributed by atoms with Gasteiger partial charge in [0.05, 0.1) is 0 Å². The molecule has 2 aromatic rings. The molecule has 0 spiro atoms. The van der Waals surface area contributed by atoms with Crippen LogP contribution in [0.25, 0.3) is 0 Å². The summed E-state index contributed by atoms with van der Waals surface area (Å²) in [5.74, 6) is 0. The van der Waals surface area contributed by atoms with Gasteiger partial charge in [-0.2, -0.15) is 0 Å². The largest absolute Gasteiger partial charge is 0.310 e. The molecule has 0 aromatic heterocycles. The number of rotatable bonds is 7. The van der Waals surface area contributed by atoms with Gasteiger partial charge >= 0.3 is 0 Å². The lowest BCUT2D eigenvalue weighted by Crippen LogP contribution is -2.24. The lowest BCUT2D eigenvalue weighted by atomic mass is 9.99. The van der Waals surface area contributed by atoms with Crippen LogP contribution in [0.2, 0.25) is 0 Å². The molecule has 1 atom stereocenters. The monoisotopic (exact) mass is 331 g/mol. The highest BCUT2D eigenvalue weighted by molar-refractivity contribution is 9.10. The van der Waals surface area contributed by atoms with Crippen LogP contribution in [0.4, 0.5) is 0 Å². The first-order valence-electron chi connectivity index (χ1n) is 7.32. The zero-order valence-corrected chi connectivity index (χ0v) is 13.6. The minimum absolute atomic E-state index is 0.386. The molecule has 0 amide bonds. The summed E-state index contributed by atoms with van der Waals surface area (Å²) in [7, 11) is 0. The Labute approximate surface area is 130 Å². The summed E-state index contributed by atoms with van der Waals surface area (Å²) in [6, 6.07) is 19.7. The number of hydrogen-bond donors (Lipinski definition) is 1. The van der Waals surface area contributed by atoms with E-state index in [1.807, 2.05) is 0 Å². The third kappa shape index (κ3) is 4.77. The van der Waals surface area contributed by atoms with Crippen molar-refractivity contribution in [1.29, 1.82) is 0 Å². The molecule has 2 aromatic carbocycles. The fraction of sp³-hybridized carbons (Fsp3) is 0.333. The van der Waals surface area contributed by atoms with Gasteiger partial charge in [-0.25, -0.2) is 0 Å². The molecule has 106 valence electrons. The SMILES string of the molecule is CCCCNC(Cc1ccccc1)c1ccc(Br)cc1. The second kappa shape index (κ2) is 8.23. The van der Waals surface area contributed by atoms with E-state index in [0.29, 0.717) is 6.04 Å². The van der Waals surface area contributed by atoms with Gasteiger partial charge in [0.1, 0.15) is 0 Å². The van der Waals surface area contributed by atoms with E-state index in [-0.39, 0.29) is 0 Å². The van der Waals surface area contributed by atoms with Gasteiger partial charge < -0.3 is 5.32 Å². The van der Waals surface area contributed by atoms with E-state index in [1.54, 1.807) is 0 Å². The van der Waals surface area contributed by atoms with E-state index < -0.39 is 0 Å². The fourth-order valence-electron chi connectivity index (χ4n) is 2.31. The maximum absolute atomic E-state index is 3.69. The summed E-state index contributed by atoms with van der Waals surface area (Å²) in [4.78, 5) is 0. The van der Waals surface area contributed by atoms with Crippen LogP contribution in [-0.2, 0) is 6.42 Å². The molecule has 0 aliphatic carbocycles. The topological polar surface area (TPSA) is 12.0 Å². The predicted octanol–water partition coefficient (Wildman–Crippen LogP) is 5.12. The van der Waals surface area contributed by atoms with Crippen molar-refractivity contribution in [2.24, 2.45) is 0 Å². The van der Waals surface area contributed by atoms with E-state index in [4.69, 9.17) is 0 Å². The Bertz CT molecular complexity index is 493. The molecular formula is C18H22BrN. The molecule has 0 aliphatic heterocycles. The summed E-state index contributed by atoms with van der Waals surface area (Å²) >= 11 is 3.50. The van der Waals surface area contributed by atoms with Gasteiger partial charge in [-0.3, -0.25) is 0 Å². The van der Waals surface area contributed by atoms with Gasteiger partial charge in [-0.1, -0.05) is 71.7 Å². The maximum atomic E-state index is 3.69. The molecule has 1 N–H and O–H groups in total. The van der Waals surface area contributed by atoms with Crippen molar-refractivity contribution >= 4 is 15.9 Å². The van der Waals surface area contributed by atoms with Gasteiger partial charge in [0, 0.05) is 10.5 Å². The van der Waals surface area contributed by atoms with Crippen LogP contribution >= 0.6 is 15.9 Å². The average Bonchev–Trinajstić information content (AvgIpc) is 2.48. The van der Waals surface area contributed by atoms with Crippen LogP contribution in [0.5, 0.6) is 0 Å². The van der Waals surface area contributed by atoms with Gasteiger partial charge in [0.25, 0.3) is 0 Å². The second-order valence-electron chi connectivity index (χ2n) is 5.10. The quantitative estimate of drug-likeness (QED) is 0.694. The smallest absolute Gasteiger partial charge is 0.0360 e. The summed E-state index contributed by atoms with van der Waals surface area (Å²) < 4.78 is 1.13. The standard InChI is InChI=1S/C18H22BrN/c1-2-3-13-20-18(14-15-7-5-4-6-8-15)16-9-11-17(19)12-10-16/h4-12,18,20H,2-3,13-14H2,1H3. The molecule has 0 saturated heterocycles. The van der Waals surface area contributed by atoms with E-state index in [9.17, 15) is 0 Å². The minimum Gasteiger partial charge on any atom is -0.310 e. The van der Waals surface area contributed by atoms with Crippen LogP contribution in [0.1, 0.15) is 36.9 Å². The van der Waals surface area contributed by atoms with Crippen molar-refractivity contribution < 1.29 is 0 Å². The van der Waals surface area contributed by atoms with Gasteiger partial charge in [-0.15, -0.1) is 0 Å². The summed E-state index contributed by atoms with van der Waals surface area (Å²) in [6.45, 7) is 3.30. The van der Waals surface area contributed by atoms with Gasteiger partial charge in [-0.05, 0) is 42.6 Å². The summed E-state index contributed by atoms with van der Waals surface area (Å²) in [6.07, 6.45) is 3.49. The van der Waals surface area contributed by atoms with Crippen LogP contribution in [0.3, 0.4) is 0 Å². The van der Waals surface area contributed by atoms with E-state index in [1.165, 1.54) is 24.0 Å². The molecule has 2 heteroatoms. The van der Waals surface area contributed by atoms with Crippen molar-refractivity contribution in [2.45, 2.75) is 32.2 Å². The van der Waals surface area contributed by atoms with Crippen molar-refractivity contribution in [3.63, 3.8) is 0 Å². The molecule has 1 unspecified atom stereocenters. The first-order chi connectivity index (χ1) is 9.79. The zero-order chi connectivity index (χ0) is 14.2. The molecule has 1 nitrogen and oxygen atoms in total. The Kier molecular flexibility index (Phi) is 6.28. The number of hydrogen-bond acceptors (Lipinski definition) is 1. The Balaban J connectivity index is 2.09. The Morgan fingerprint density at radius 3 is 2.35 bits per heavy atom. The highest BCUT2D eigenvalue weighted by Gasteiger charge is 2.11. The highest BCUT2D eigenvalue weighted by Crippen LogP contribution is 2.21. The molecule has 0 heterocycles. The molecule has 0 bridgehead atoms. The Hall–Kier alpha value is -1.12. The Morgan fingerprint density at radius 2 is 1.70 bits per heavy atom. The van der Waals surface area contributed by atoms with E-state index in [0.717, 1.165) is 17.4 Å². The minimum atomic E-state index is 0.386. The first kappa shape index (κ1) is 15.3. The van der Waals surface area contributed by atoms with Crippen LogP contribution in [-0.4, -0.2) is 6.54 Å². The van der Waals surface area contributed by atoms with Crippen molar-refractivity contribution in [1.82, 2.24) is 5.32 Å². The first-order valence-corrected chi connectivity index (χ1v) is 8.11. The molecular weight excluding hydrogens is 310 g/mol. The normalized spacial score (nSPS) is 12.3. The number of nitrogens with one attached hydrogen (secondary N) is 1. The molecule has 0 aliphatic rings. The average molecular weight is 332 g/mol. The van der Waals surface area contributed by atoms with E-state index >= 15 is 0 Å². The molecule has 2 rings (SSSR count). The molecule has 0 radical (unpaired) electrons. The lowest BCUT2D eigenvalue weighted by Gasteiger charge is -2.19. The molecule has 20 heavy (non-hydrogen) atoms. The maximum Gasteiger partial charge on any atom is 0.0360 e. The van der Waals surface area contributed by atoms with Crippen LogP contribution < -0.4 is 5.32 Å².